The van der Waals surface area contributed by atoms with E-state index in [2.05, 4.69) is 15.4 Å². The second kappa shape index (κ2) is 7.01. The molecule has 2 aliphatic rings. The number of aryl methyl sites for hydroxylation is 1. The number of benzene rings is 1. The predicted octanol–water partition coefficient (Wildman–Crippen LogP) is 2.92. The van der Waals surface area contributed by atoms with Crippen molar-refractivity contribution in [3.63, 3.8) is 0 Å². The average Bonchev–Trinajstić information content (AvgIpc) is 2.84. The van der Waals surface area contributed by atoms with Gasteiger partial charge in [-0.25, -0.2) is 0 Å². The second-order valence-corrected chi connectivity index (χ2v) is 6.53. The Labute approximate surface area is 138 Å². The third-order valence-electron chi connectivity index (χ3n) is 4.66. The largest absolute Gasteiger partial charge is 0.573 e. The number of nitrogens with one attached hydrogen (secondary N) is 2. The number of para-hydroxylation sites is 1. The van der Waals surface area contributed by atoms with Gasteiger partial charge in [0.1, 0.15) is 5.75 Å². The van der Waals surface area contributed by atoms with Gasteiger partial charge in [0.2, 0.25) is 5.91 Å². The molecule has 0 radical (unpaired) electrons. The van der Waals surface area contributed by atoms with E-state index in [-0.39, 0.29) is 30.5 Å². The first-order chi connectivity index (χ1) is 11.4. The minimum absolute atomic E-state index is 0.122. The van der Waals surface area contributed by atoms with Crippen LogP contribution in [0.25, 0.3) is 0 Å². The molecule has 2 N–H and O–H groups in total. The number of carbonyl (C=O) groups is 1. The van der Waals surface area contributed by atoms with Crippen molar-refractivity contribution in [2.24, 2.45) is 0 Å². The number of piperidine rings is 1. The maximum Gasteiger partial charge on any atom is 0.573 e. The summed E-state index contributed by atoms with van der Waals surface area (Å²) < 4.78 is 41.2. The van der Waals surface area contributed by atoms with Crippen molar-refractivity contribution < 1.29 is 22.7 Å². The smallest absolute Gasteiger partial charge is 0.406 e. The zero-order chi connectivity index (χ0) is 17.2. The number of rotatable bonds is 5. The van der Waals surface area contributed by atoms with E-state index in [4.69, 9.17) is 0 Å². The highest BCUT2D eigenvalue weighted by atomic mass is 19.4. The zero-order valence-corrected chi connectivity index (χ0v) is 13.2. The van der Waals surface area contributed by atoms with Crippen LogP contribution < -0.4 is 15.4 Å². The summed E-state index contributed by atoms with van der Waals surface area (Å²) in [5.74, 6) is -0.360. The zero-order valence-electron chi connectivity index (χ0n) is 13.2. The molecule has 2 atom stereocenters. The molecule has 0 aliphatic carbocycles. The van der Waals surface area contributed by atoms with Gasteiger partial charge in [-0.3, -0.25) is 4.79 Å². The third-order valence-corrected chi connectivity index (χ3v) is 4.66. The Morgan fingerprint density at radius 2 is 1.88 bits per heavy atom. The fourth-order valence-corrected chi connectivity index (χ4v) is 3.66. The van der Waals surface area contributed by atoms with E-state index in [1.165, 1.54) is 12.1 Å². The van der Waals surface area contributed by atoms with Gasteiger partial charge in [-0.2, -0.15) is 0 Å². The van der Waals surface area contributed by atoms with Gasteiger partial charge in [-0.1, -0.05) is 18.2 Å². The van der Waals surface area contributed by atoms with Crippen molar-refractivity contribution in [1.82, 2.24) is 10.6 Å². The van der Waals surface area contributed by atoms with Crippen LogP contribution >= 0.6 is 0 Å². The number of hydrogen-bond donors (Lipinski definition) is 2. The molecule has 2 saturated heterocycles. The predicted molar refractivity (Wildman–Crippen MR) is 82.6 cm³/mol. The Hall–Kier alpha value is -1.76. The molecular formula is C17H21F3N2O2. The minimum Gasteiger partial charge on any atom is -0.406 e. The molecule has 0 aromatic heterocycles. The van der Waals surface area contributed by atoms with E-state index in [1.807, 2.05) is 0 Å². The number of carbonyl (C=O) groups excluding carboxylic acids is 1. The van der Waals surface area contributed by atoms with E-state index in [9.17, 15) is 18.0 Å². The van der Waals surface area contributed by atoms with E-state index in [0.717, 1.165) is 25.7 Å². The average molecular weight is 342 g/mol. The van der Waals surface area contributed by atoms with Gasteiger partial charge in [-0.15, -0.1) is 13.2 Å². The molecule has 1 amide bonds. The van der Waals surface area contributed by atoms with Crippen molar-refractivity contribution in [3.05, 3.63) is 29.8 Å². The number of ether oxygens (including phenoxy) is 1. The van der Waals surface area contributed by atoms with Crippen LogP contribution in [0, 0.1) is 0 Å². The molecule has 7 heteroatoms. The van der Waals surface area contributed by atoms with Crippen LogP contribution in [0.15, 0.2) is 24.3 Å². The van der Waals surface area contributed by atoms with E-state index in [0.29, 0.717) is 17.6 Å². The molecule has 2 aliphatic heterocycles. The first-order valence-electron chi connectivity index (χ1n) is 8.28. The molecule has 2 fully saturated rings. The van der Waals surface area contributed by atoms with Gasteiger partial charge < -0.3 is 15.4 Å². The fourth-order valence-electron chi connectivity index (χ4n) is 3.66. The summed E-state index contributed by atoms with van der Waals surface area (Å²) in [7, 11) is 0. The number of halogens is 3. The Bertz CT molecular complexity index is 579. The Morgan fingerprint density at radius 3 is 2.54 bits per heavy atom. The van der Waals surface area contributed by atoms with E-state index < -0.39 is 6.36 Å². The lowest BCUT2D eigenvalue weighted by Crippen LogP contribution is -2.48. The van der Waals surface area contributed by atoms with Crippen LogP contribution in [-0.2, 0) is 11.2 Å². The summed E-state index contributed by atoms with van der Waals surface area (Å²) in [6.07, 6.45) is -0.204. The lowest BCUT2D eigenvalue weighted by atomic mass is 9.99. The van der Waals surface area contributed by atoms with Gasteiger partial charge in [0.05, 0.1) is 0 Å². The monoisotopic (exact) mass is 342 g/mol. The van der Waals surface area contributed by atoms with Gasteiger partial charge >= 0.3 is 6.36 Å². The number of fused-ring (bicyclic) bond motifs is 2. The number of amides is 1. The highest BCUT2D eigenvalue weighted by molar-refractivity contribution is 5.76. The maximum atomic E-state index is 12.4. The Morgan fingerprint density at radius 1 is 1.21 bits per heavy atom. The van der Waals surface area contributed by atoms with Crippen LogP contribution in [0.5, 0.6) is 5.75 Å². The molecule has 24 heavy (non-hydrogen) atoms. The molecule has 3 rings (SSSR count). The summed E-state index contributed by atoms with van der Waals surface area (Å²) in [6.45, 7) is 0. The van der Waals surface area contributed by atoms with Gasteiger partial charge in [0, 0.05) is 24.5 Å². The maximum absolute atomic E-state index is 12.4. The van der Waals surface area contributed by atoms with Crippen molar-refractivity contribution >= 4 is 5.91 Å². The van der Waals surface area contributed by atoms with Crippen LogP contribution in [0.1, 0.15) is 37.7 Å². The van der Waals surface area contributed by atoms with Crippen LogP contribution in [0.4, 0.5) is 13.2 Å². The molecule has 4 nitrogen and oxygen atoms in total. The number of hydrogen-bond acceptors (Lipinski definition) is 3. The first-order valence-corrected chi connectivity index (χ1v) is 8.28. The van der Waals surface area contributed by atoms with Crippen molar-refractivity contribution in [1.29, 1.82) is 0 Å². The van der Waals surface area contributed by atoms with Crippen molar-refractivity contribution in [3.8, 4) is 5.75 Å². The van der Waals surface area contributed by atoms with Crippen molar-refractivity contribution in [2.45, 2.75) is 63.0 Å². The molecule has 2 unspecified atom stereocenters. The fraction of sp³-hybridized carbons (Fsp3) is 0.588. The number of alkyl halides is 3. The normalized spacial score (nSPS) is 26.2. The highest BCUT2D eigenvalue weighted by Gasteiger charge is 2.34. The summed E-state index contributed by atoms with van der Waals surface area (Å²) in [5, 5.41) is 6.52. The van der Waals surface area contributed by atoms with Crippen LogP contribution in [-0.4, -0.2) is 30.4 Å². The summed E-state index contributed by atoms with van der Waals surface area (Å²) in [4.78, 5) is 12.1. The summed E-state index contributed by atoms with van der Waals surface area (Å²) in [5.41, 5.74) is 0.385. The Balaban J connectivity index is 1.51. The topological polar surface area (TPSA) is 50.4 Å². The summed E-state index contributed by atoms with van der Waals surface area (Å²) in [6, 6.07) is 7.07. The second-order valence-electron chi connectivity index (χ2n) is 6.53. The molecule has 132 valence electrons. The minimum atomic E-state index is -4.73. The standard InChI is InChI=1S/C17H21F3N2O2/c18-17(19,20)24-15-4-2-1-3-11(15)5-8-16(23)22-14-9-12-6-7-13(10-14)21-12/h1-4,12-14,21H,5-10H2,(H,22,23). The van der Waals surface area contributed by atoms with Crippen LogP contribution in [0.2, 0.25) is 0 Å². The molecule has 1 aromatic carbocycles. The van der Waals surface area contributed by atoms with Gasteiger partial charge in [0.15, 0.2) is 0 Å². The van der Waals surface area contributed by atoms with Crippen LogP contribution in [0.3, 0.4) is 0 Å². The molecule has 0 saturated carbocycles. The van der Waals surface area contributed by atoms with E-state index >= 15 is 0 Å². The first kappa shape index (κ1) is 17.1. The molecule has 2 heterocycles. The van der Waals surface area contributed by atoms with Gasteiger partial charge in [0.25, 0.3) is 0 Å². The highest BCUT2D eigenvalue weighted by Crippen LogP contribution is 2.28. The third kappa shape index (κ3) is 4.63. The molecular weight excluding hydrogens is 321 g/mol. The van der Waals surface area contributed by atoms with Gasteiger partial charge in [-0.05, 0) is 43.7 Å². The van der Waals surface area contributed by atoms with E-state index in [1.54, 1.807) is 12.1 Å². The molecule has 2 bridgehead atoms. The SMILES string of the molecule is O=C(CCc1ccccc1OC(F)(F)F)NC1CC2CCC(C1)N2. The Kier molecular flexibility index (Phi) is 4.99. The van der Waals surface area contributed by atoms with Crippen molar-refractivity contribution in [2.75, 3.05) is 0 Å². The molecule has 1 aromatic rings. The summed E-state index contributed by atoms with van der Waals surface area (Å²) >= 11 is 0. The quantitative estimate of drug-likeness (QED) is 0.865. The lowest BCUT2D eigenvalue weighted by molar-refractivity contribution is -0.274. The lowest BCUT2D eigenvalue weighted by Gasteiger charge is -2.29. The molecule has 0 spiro atoms.